The van der Waals surface area contributed by atoms with Crippen LogP contribution in [0.3, 0.4) is 0 Å². The molecule has 0 fully saturated rings. The molecule has 0 amide bonds. The lowest BCUT2D eigenvalue weighted by atomic mass is 9.78. The van der Waals surface area contributed by atoms with E-state index in [2.05, 4.69) is 196 Å². The van der Waals surface area contributed by atoms with Gasteiger partial charge in [-0.1, -0.05) is 178 Å². The van der Waals surface area contributed by atoms with E-state index in [4.69, 9.17) is 0 Å². The number of benzene rings is 10. The van der Waals surface area contributed by atoms with Crippen LogP contribution in [0.1, 0.15) is 25.0 Å². The molecule has 0 heteroatoms. The first-order valence-corrected chi connectivity index (χ1v) is 18.7. The van der Waals surface area contributed by atoms with Gasteiger partial charge in [0.05, 0.1) is 0 Å². The van der Waals surface area contributed by atoms with Crippen molar-refractivity contribution in [3.63, 3.8) is 0 Å². The van der Waals surface area contributed by atoms with Gasteiger partial charge in [0.15, 0.2) is 0 Å². The van der Waals surface area contributed by atoms with Crippen LogP contribution in [-0.4, -0.2) is 0 Å². The second kappa shape index (κ2) is 11.2. The Kier molecular flexibility index (Phi) is 6.40. The van der Waals surface area contributed by atoms with Gasteiger partial charge in [0, 0.05) is 5.41 Å². The van der Waals surface area contributed by atoms with E-state index < -0.39 is 0 Å². The lowest BCUT2D eigenvalue weighted by molar-refractivity contribution is 0.667. The molecule has 1 aliphatic rings. The molecule has 0 saturated heterocycles. The quantitative estimate of drug-likeness (QED) is 0.129. The molecule has 0 aliphatic heterocycles. The minimum Gasteiger partial charge on any atom is -0.0622 e. The van der Waals surface area contributed by atoms with Crippen molar-refractivity contribution in [2.24, 2.45) is 0 Å². The smallest absolute Gasteiger partial charge is 0.0165 e. The maximum Gasteiger partial charge on any atom is 0.0165 e. The van der Waals surface area contributed by atoms with Gasteiger partial charge in [-0.25, -0.2) is 0 Å². The van der Waals surface area contributed by atoms with Crippen molar-refractivity contribution in [1.82, 2.24) is 0 Å². The Hall–Kier alpha value is -6.50. The summed E-state index contributed by atoms with van der Waals surface area (Å²) >= 11 is 0. The lowest BCUT2D eigenvalue weighted by Gasteiger charge is -2.25. The zero-order valence-corrected chi connectivity index (χ0v) is 29.8. The molecule has 10 aromatic carbocycles. The Labute approximate surface area is 309 Å². The average molecular weight is 673 g/mol. The number of fused-ring (bicyclic) bond motifs is 11. The monoisotopic (exact) mass is 672 g/mol. The first-order valence-electron chi connectivity index (χ1n) is 18.7. The van der Waals surface area contributed by atoms with E-state index in [0.717, 1.165) is 0 Å². The Bertz CT molecular complexity index is 3070. The fourth-order valence-electron chi connectivity index (χ4n) is 9.60. The molecule has 0 unspecified atom stereocenters. The maximum atomic E-state index is 2.51. The van der Waals surface area contributed by atoms with Gasteiger partial charge in [0.25, 0.3) is 0 Å². The Morgan fingerprint density at radius 1 is 0.302 bits per heavy atom. The molecule has 10 aromatic rings. The van der Waals surface area contributed by atoms with Crippen LogP contribution in [0.2, 0.25) is 0 Å². The molecular formula is C53H36. The molecular weight excluding hydrogens is 637 g/mol. The van der Waals surface area contributed by atoms with Gasteiger partial charge in [0.1, 0.15) is 0 Å². The number of hydrogen-bond acceptors (Lipinski definition) is 0. The minimum atomic E-state index is -0.165. The van der Waals surface area contributed by atoms with Gasteiger partial charge in [-0.15, -0.1) is 0 Å². The molecule has 0 radical (unpaired) electrons. The van der Waals surface area contributed by atoms with Gasteiger partial charge in [-0.05, 0) is 128 Å². The van der Waals surface area contributed by atoms with Gasteiger partial charge >= 0.3 is 0 Å². The van der Waals surface area contributed by atoms with E-state index in [9.17, 15) is 0 Å². The van der Waals surface area contributed by atoms with Crippen molar-refractivity contribution in [2.75, 3.05) is 0 Å². The molecule has 0 spiro atoms. The molecule has 248 valence electrons. The van der Waals surface area contributed by atoms with Crippen molar-refractivity contribution in [3.8, 4) is 44.5 Å². The molecule has 0 bridgehead atoms. The normalized spacial score (nSPS) is 13.2. The third-order valence-electron chi connectivity index (χ3n) is 12.0. The van der Waals surface area contributed by atoms with Crippen molar-refractivity contribution < 1.29 is 0 Å². The summed E-state index contributed by atoms with van der Waals surface area (Å²) in [5, 5.41) is 13.0. The topological polar surface area (TPSA) is 0 Å². The Morgan fingerprint density at radius 2 is 0.717 bits per heavy atom. The van der Waals surface area contributed by atoms with Gasteiger partial charge in [-0.2, -0.15) is 0 Å². The molecule has 0 atom stereocenters. The van der Waals surface area contributed by atoms with Crippen LogP contribution in [0.5, 0.6) is 0 Å². The van der Waals surface area contributed by atoms with Crippen LogP contribution in [0.15, 0.2) is 182 Å². The summed E-state index contributed by atoms with van der Waals surface area (Å²) in [6.07, 6.45) is 0. The van der Waals surface area contributed by atoms with Crippen molar-refractivity contribution in [2.45, 2.75) is 19.3 Å². The van der Waals surface area contributed by atoms with Gasteiger partial charge in [-0.3, -0.25) is 0 Å². The zero-order chi connectivity index (χ0) is 35.3. The molecule has 0 heterocycles. The molecule has 11 rings (SSSR count). The van der Waals surface area contributed by atoms with Crippen molar-refractivity contribution >= 4 is 53.9 Å². The lowest BCUT2D eigenvalue weighted by Crippen LogP contribution is -2.15. The third kappa shape index (κ3) is 4.36. The van der Waals surface area contributed by atoms with Crippen molar-refractivity contribution in [3.05, 3.63) is 193 Å². The van der Waals surface area contributed by atoms with Crippen LogP contribution < -0.4 is 0 Å². The first-order chi connectivity index (χ1) is 26.1. The van der Waals surface area contributed by atoms with Crippen LogP contribution >= 0.6 is 0 Å². The molecule has 53 heavy (non-hydrogen) atoms. The summed E-state index contributed by atoms with van der Waals surface area (Å²) in [6, 6.07) is 67.7. The highest BCUT2D eigenvalue weighted by molar-refractivity contribution is 6.22. The SMILES string of the molecule is CC1(C)c2cc(-c3c4ccccc4c(-c4ccc5cc(-c6ccccc6)ccc5c4)c4ccccc34)ccc2-c2c1c1ccccc1c1ccccc21. The highest BCUT2D eigenvalue weighted by Gasteiger charge is 2.38. The predicted octanol–water partition coefficient (Wildman–Crippen LogP) is 14.8. The number of hydrogen-bond donors (Lipinski definition) is 0. The third-order valence-corrected chi connectivity index (χ3v) is 12.0. The van der Waals surface area contributed by atoms with Crippen molar-refractivity contribution in [1.29, 1.82) is 0 Å². The molecule has 1 aliphatic carbocycles. The second-order valence-corrected chi connectivity index (χ2v) is 15.2. The maximum absolute atomic E-state index is 2.51. The van der Waals surface area contributed by atoms with Gasteiger partial charge in [0.2, 0.25) is 0 Å². The molecule has 0 nitrogen and oxygen atoms in total. The summed E-state index contributed by atoms with van der Waals surface area (Å²) in [6.45, 7) is 4.84. The minimum absolute atomic E-state index is 0.165. The van der Waals surface area contributed by atoms with Crippen LogP contribution in [-0.2, 0) is 5.41 Å². The largest absolute Gasteiger partial charge is 0.0622 e. The summed E-state index contributed by atoms with van der Waals surface area (Å²) in [5.41, 5.74) is 13.0. The van der Waals surface area contributed by atoms with E-state index in [1.807, 2.05) is 0 Å². The molecule has 0 aromatic heterocycles. The van der Waals surface area contributed by atoms with Crippen LogP contribution in [0, 0.1) is 0 Å². The highest BCUT2D eigenvalue weighted by atomic mass is 14.4. The fourth-order valence-corrected chi connectivity index (χ4v) is 9.60. The number of rotatable bonds is 3. The first kappa shape index (κ1) is 30.2. The Morgan fingerprint density at radius 3 is 1.30 bits per heavy atom. The van der Waals surface area contributed by atoms with E-state index >= 15 is 0 Å². The second-order valence-electron chi connectivity index (χ2n) is 15.2. The zero-order valence-electron chi connectivity index (χ0n) is 29.8. The van der Waals surface area contributed by atoms with Crippen LogP contribution in [0.4, 0.5) is 0 Å². The summed E-state index contributed by atoms with van der Waals surface area (Å²) in [7, 11) is 0. The van der Waals surface area contributed by atoms with E-state index in [1.54, 1.807) is 0 Å². The molecule has 0 saturated carbocycles. The fraction of sp³-hybridized carbons (Fsp3) is 0.0566. The average Bonchev–Trinajstić information content (AvgIpc) is 3.46. The molecule has 0 N–H and O–H groups in total. The van der Waals surface area contributed by atoms with E-state index in [0.29, 0.717) is 0 Å². The summed E-state index contributed by atoms with van der Waals surface area (Å²) in [5.74, 6) is 0. The van der Waals surface area contributed by atoms with Crippen LogP contribution in [0.25, 0.3) is 98.4 Å². The Balaban J connectivity index is 1.13. The standard InChI is InChI=1S/C53H36/c1-53(2)48-32-38(28-29-47(48)51-41-18-8-6-16-39(41)40-17-7-13-23-46(40)52(51)53)50-44-21-11-9-19-42(44)49(43-20-10-12-22-45(43)50)37-27-26-35-30-34(24-25-36(35)31-37)33-14-4-3-5-15-33/h3-32H,1-2H3. The summed E-state index contributed by atoms with van der Waals surface area (Å²) in [4.78, 5) is 0. The predicted molar refractivity (Wildman–Crippen MR) is 228 cm³/mol. The summed E-state index contributed by atoms with van der Waals surface area (Å²) < 4.78 is 0. The van der Waals surface area contributed by atoms with E-state index in [-0.39, 0.29) is 5.41 Å². The van der Waals surface area contributed by atoms with Gasteiger partial charge < -0.3 is 0 Å². The highest BCUT2D eigenvalue weighted by Crippen LogP contribution is 2.56. The van der Waals surface area contributed by atoms with E-state index in [1.165, 1.54) is 109 Å².